The van der Waals surface area contributed by atoms with Crippen molar-refractivity contribution in [2.45, 2.75) is 26.3 Å². The Morgan fingerprint density at radius 1 is 1.38 bits per heavy atom. The van der Waals surface area contributed by atoms with Gasteiger partial charge in [-0.25, -0.2) is 0 Å². The van der Waals surface area contributed by atoms with Gasteiger partial charge in [-0.2, -0.15) is 0 Å². The fourth-order valence-electron chi connectivity index (χ4n) is 2.90. The lowest BCUT2D eigenvalue weighted by molar-refractivity contribution is 0.0778. The quantitative estimate of drug-likeness (QED) is 0.863. The molecule has 1 fully saturated rings. The van der Waals surface area contributed by atoms with Crippen LogP contribution in [0.1, 0.15) is 30.6 Å². The van der Waals surface area contributed by atoms with Gasteiger partial charge in [-0.1, -0.05) is 37.0 Å². The molecule has 21 heavy (non-hydrogen) atoms. The molecule has 2 rings (SSSR count). The summed E-state index contributed by atoms with van der Waals surface area (Å²) in [4.78, 5) is 16.8. The molecule has 2 N–H and O–H groups in total. The Bertz CT molecular complexity index is 532. The summed E-state index contributed by atoms with van der Waals surface area (Å²) in [6.45, 7) is 7.74. The molecule has 1 atom stereocenters. The van der Waals surface area contributed by atoms with Crippen LogP contribution in [0.15, 0.2) is 12.1 Å². The Morgan fingerprint density at radius 2 is 2.05 bits per heavy atom. The van der Waals surface area contributed by atoms with Gasteiger partial charge in [-0.15, -0.1) is 0 Å². The first-order valence-corrected chi connectivity index (χ1v) is 8.01. The Kier molecular flexibility index (Phi) is 5.36. The van der Waals surface area contributed by atoms with Gasteiger partial charge < -0.3 is 10.6 Å². The molecule has 1 aromatic rings. The van der Waals surface area contributed by atoms with Crippen molar-refractivity contribution in [2.75, 3.05) is 31.9 Å². The second kappa shape index (κ2) is 6.86. The third-order valence-electron chi connectivity index (χ3n) is 4.06. The van der Waals surface area contributed by atoms with Crippen LogP contribution in [-0.2, 0) is 0 Å². The molecule has 6 heteroatoms. The second-order valence-corrected chi connectivity index (χ2v) is 6.06. The molecule has 0 spiro atoms. The number of likely N-dealkylation sites (tertiary alicyclic amines) is 1. The van der Waals surface area contributed by atoms with Crippen LogP contribution in [0, 0.1) is 0 Å². The lowest BCUT2D eigenvalue weighted by atomic mass is 10.1. The molecule has 1 aliphatic rings. The van der Waals surface area contributed by atoms with Crippen molar-refractivity contribution >= 4 is 34.8 Å². The Hall–Kier alpha value is -0.970. The SMILES string of the molecule is CCN(CC)C1CCN(C(=O)c2cc(N)cc(Cl)c2Cl)C1. The van der Waals surface area contributed by atoms with Gasteiger partial charge in [0, 0.05) is 24.8 Å². The lowest BCUT2D eigenvalue weighted by Gasteiger charge is -2.26. The molecule has 0 saturated carbocycles. The van der Waals surface area contributed by atoms with Crippen LogP contribution >= 0.6 is 23.2 Å². The fourth-order valence-corrected chi connectivity index (χ4v) is 3.32. The van der Waals surface area contributed by atoms with E-state index in [0.717, 1.165) is 32.6 Å². The zero-order chi connectivity index (χ0) is 15.6. The monoisotopic (exact) mass is 329 g/mol. The minimum absolute atomic E-state index is 0.0937. The molecule has 0 radical (unpaired) electrons. The summed E-state index contributed by atoms with van der Waals surface area (Å²) in [7, 11) is 0. The average molecular weight is 330 g/mol. The molecule has 0 aliphatic carbocycles. The van der Waals surface area contributed by atoms with Crippen LogP contribution in [-0.4, -0.2) is 47.9 Å². The Labute approximate surface area is 135 Å². The molecule has 1 amide bonds. The number of carbonyl (C=O) groups is 1. The van der Waals surface area contributed by atoms with E-state index in [2.05, 4.69) is 18.7 Å². The summed E-state index contributed by atoms with van der Waals surface area (Å²) in [6.07, 6.45) is 0.987. The predicted octanol–water partition coefficient (Wildman–Crippen LogP) is 3.13. The number of hydrogen-bond donors (Lipinski definition) is 1. The number of hydrogen-bond acceptors (Lipinski definition) is 3. The third-order valence-corrected chi connectivity index (χ3v) is 4.86. The molecule has 4 nitrogen and oxygen atoms in total. The van der Waals surface area contributed by atoms with Crippen LogP contribution in [0.4, 0.5) is 5.69 Å². The van der Waals surface area contributed by atoms with E-state index in [0.29, 0.717) is 22.3 Å². The van der Waals surface area contributed by atoms with Crippen molar-refractivity contribution in [3.8, 4) is 0 Å². The summed E-state index contributed by atoms with van der Waals surface area (Å²) in [5.41, 5.74) is 6.60. The van der Waals surface area contributed by atoms with E-state index in [9.17, 15) is 4.79 Å². The molecule has 1 aromatic carbocycles. The highest BCUT2D eigenvalue weighted by atomic mass is 35.5. The predicted molar refractivity (Wildman–Crippen MR) is 88.1 cm³/mol. The third kappa shape index (κ3) is 3.44. The molecule has 1 heterocycles. The summed E-state index contributed by atoms with van der Waals surface area (Å²) >= 11 is 12.1. The van der Waals surface area contributed by atoms with Gasteiger partial charge >= 0.3 is 0 Å². The highest BCUT2D eigenvalue weighted by Gasteiger charge is 2.30. The van der Waals surface area contributed by atoms with Gasteiger partial charge in [0.15, 0.2) is 0 Å². The second-order valence-electron chi connectivity index (χ2n) is 5.28. The first-order chi connectivity index (χ1) is 9.97. The van der Waals surface area contributed by atoms with Gasteiger partial charge in [0.05, 0.1) is 15.6 Å². The zero-order valence-electron chi connectivity index (χ0n) is 12.4. The lowest BCUT2D eigenvalue weighted by Crippen LogP contribution is -2.38. The molecule has 1 aliphatic heterocycles. The summed E-state index contributed by atoms with van der Waals surface area (Å²) in [5, 5.41) is 0.599. The van der Waals surface area contributed by atoms with Crippen molar-refractivity contribution < 1.29 is 4.79 Å². The number of carbonyl (C=O) groups excluding carboxylic acids is 1. The maximum absolute atomic E-state index is 12.6. The van der Waals surface area contributed by atoms with Gasteiger partial charge in [0.1, 0.15) is 0 Å². The molecule has 116 valence electrons. The number of likely N-dealkylation sites (N-methyl/N-ethyl adjacent to an activating group) is 1. The van der Waals surface area contributed by atoms with E-state index in [1.54, 1.807) is 12.1 Å². The van der Waals surface area contributed by atoms with Crippen molar-refractivity contribution in [2.24, 2.45) is 0 Å². The molecular formula is C15H21Cl2N3O. The van der Waals surface area contributed by atoms with E-state index >= 15 is 0 Å². The number of anilines is 1. The van der Waals surface area contributed by atoms with E-state index in [1.165, 1.54) is 0 Å². The van der Waals surface area contributed by atoms with Crippen LogP contribution in [0.5, 0.6) is 0 Å². The van der Waals surface area contributed by atoms with Crippen LogP contribution in [0.25, 0.3) is 0 Å². The first kappa shape index (κ1) is 16.4. The number of halogens is 2. The van der Waals surface area contributed by atoms with Crippen molar-refractivity contribution in [3.05, 3.63) is 27.7 Å². The standard InChI is InChI=1S/C15H21Cl2N3O/c1-3-19(4-2)11-5-6-20(9-11)15(21)12-7-10(18)8-13(16)14(12)17/h7-8,11H,3-6,9,18H2,1-2H3. The number of nitrogens with two attached hydrogens (primary N) is 1. The minimum atomic E-state index is -0.0937. The molecule has 1 unspecified atom stereocenters. The van der Waals surface area contributed by atoms with Gasteiger partial charge in [0.2, 0.25) is 0 Å². The maximum atomic E-state index is 12.6. The highest BCUT2D eigenvalue weighted by molar-refractivity contribution is 6.44. The van der Waals surface area contributed by atoms with E-state index < -0.39 is 0 Å². The van der Waals surface area contributed by atoms with Crippen molar-refractivity contribution in [1.82, 2.24) is 9.80 Å². The van der Waals surface area contributed by atoms with Crippen molar-refractivity contribution in [3.63, 3.8) is 0 Å². The van der Waals surface area contributed by atoms with Gasteiger partial charge in [0.25, 0.3) is 5.91 Å². The first-order valence-electron chi connectivity index (χ1n) is 7.25. The number of benzene rings is 1. The van der Waals surface area contributed by atoms with Crippen LogP contribution in [0.3, 0.4) is 0 Å². The van der Waals surface area contributed by atoms with Crippen molar-refractivity contribution in [1.29, 1.82) is 0 Å². The molecule has 0 bridgehead atoms. The number of amides is 1. The Balaban J connectivity index is 2.15. The Morgan fingerprint density at radius 3 is 2.67 bits per heavy atom. The van der Waals surface area contributed by atoms with Crippen LogP contribution < -0.4 is 5.73 Å². The molecule has 1 saturated heterocycles. The smallest absolute Gasteiger partial charge is 0.255 e. The van der Waals surface area contributed by atoms with E-state index in [-0.39, 0.29) is 10.9 Å². The highest BCUT2D eigenvalue weighted by Crippen LogP contribution is 2.30. The topological polar surface area (TPSA) is 49.6 Å². The average Bonchev–Trinajstić information content (AvgIpc) is 2.93. The van der Waals surface area contributed by atoms with Crippen LogP contribution in [0.2, 0.25) is 10.0 Å². The number of rotatable bonds is 4. The zero-order valence-corrected chi connectivity index (χ0v) is 13.9. The maximum Gasteiger partial charge on any atom is 0.255 e. The number of nitrogen functional groups attached to an aromatic ring is 1. The summed E-state index contributed by atoms with van der Waals surface area (Å²) in [6, 6.07) is 3.57. The van der Waals surface area contributed by atoms with E-state index in [4.69, 9.17) is 28.9 Å². The molecule has 0 aromatic heterocycles. The summed E-state index contributed by atoms with van der Waals surface area (Å²) in [5.74, 6) is -0.0937. The fraction of sp³-hybridized carbons (Fsp3) is 0.533. The largest absolute Gasteiger partial charge is 0.399 e. The summed E-state index contributed by atoms with van der Waals surface area (Å²) < 4.78 is 0. The van der Waals surface area contributed by atoms with Gasteiger partial charge in [-0.05, 0) is 31.6 Å². The van der Waals surface area contributed by atoms with E-state index in [1.807, 2.05) is 4.90 Å². The number of nitrogens with zero attached hydrogens (tertiary/aromatic N) is 2. The van der Waals surface area contributed by atoms with Gasteiger partial charge in [-0.3, -0.25) is 9.69 Å². The minimum Gasteiger partial charge on any atom is -0.399 e. The normalized spacial score (nSPS) is 18.5. The molecular weight excluding hydrogens is 309 g/mol.